The molecule has 2 aromatic rings. The van der Waals surface area contributed by atoms with Gasteiger partial charge in [-0.25, -0.2) is 15.6 Å². The van der Waals surface area contributed by atoms with E-state index in [-0.39, 0.29) is 11.8 Å². The Morgan fingerprint density at radius 3 is 1.41 bits per heavy atom. The van der Waals surface area contributed by atoms with Crippen LogP contribution in [0.25, 0.3) is 12.2 Å². The number of nitrogens with one attached hydrogen (secondary N) is 2. The van der Waals surface area contributed by atoms with Gasteiger partial charge in [-0.1, -0.05) is 98.4 Å². The maximum absolute atomic E-state index is 12.3. The number of rotatable bonds is 8. The molecule has 0 saturated carbocycles. The van der Waals surface area contributed by atoms with Crippen molar-refractivity contribution in [1.29, 1.82) is 0 Å². The fourth-order valence-electron chi connectivity index (χ4n) is 2.57. The zero-order valence-electron chi connectivity index (χ0n) is 19.2. The van der Waals surface area contributed by atoms with Crippen LogP contribution in [0.15, 0.2) is 58.8 Å². The van der Waals surface area contributed by atoms with Crippen LogP contribution in [0.4, 0.5) is 4.79 Å². The lowest BCUT2D eigenvalue weighted by molar-refractivity contribution is 0.241. The number of carbonyl (C=O) groups is 1. The van der Waals surface area contributed by atoms with Crippen LogP contribution in [-0.4, -0.2) is 17.5 Å². The number of hydrogen-bond donors (Lipinski definition) is 2. The molecule has 0 unspecified atom stereocenters. The highest BCUT2D eigenvalue weighted by molar-refractivity contribution is 6.42. The first kappa shape index (κ1) is 27.9. The molecule has 0 aliphatic carbocycles. The number of benzene rings is 2. The highest BCUT2D eigenvalue weighted by Crippen LogP contribution is 2.24. The van der Waals surface area contributed by atoms with Crippen molar-refractivity contribution in [2.75, 3.05) is 0 Å². The summed E-state index contributed by atoms with van der Waals surface area (Å²) in [7, 11) is 0. The largest absolute Gasteiger partial charge is 0.355 e. The van der Waals surface area contributed by atoms with Gasteiger partial charge in [0.25, 0.3) is 0 Å². The molecule has 34 heavy (non-hydrogen) atoms. The molecule has 2 aromatic carbocycles. The van der Waals surface area contributed by atoms with Crippen LogP contribution in [0, 0.1) is 11.8 Å². The number of nitrogens with zero attached hydrogens (tertiary/aromatic N) is 2. The topological polar surface area (TPSA) is 65.8 Å². The van der Waals surface area contributed by atoms with Gasteiger partial charge in [-0.3, -0.25) is 0 Å². The minimum absolute atomic E-state index is 0.0724. The summed E-state index contributed by atoms with van der Waals surface area (Å²) in [4.78, 5) is 12.3. The van der Waals surface area contributed by atoms with Crippen LogP contribution in [0.3, 0.4) is 0 Å². The molecule has 2 amide bonds. The van der Waals surface area contributed by atoms with Gasteiger partial charge in [0.05, 0.1) is 31.5 Å². The molecule has 180 valence electrons. The molecule has 5 nitrogen and oxygen atoms in total. The fourth-order valence-corrected chi connectivity index (χ4v) is 3.18. The molecule has 0 atom stereocenters. The Bertz CT molecular complexity index is 1050. The van der Waals surface area contributed by atoms with Crippen LogP contribution in [0.2, 0.25) is 20.1 Å². The first-order valence-corrected chi connectivity index (χ1v) is 12.1. The molecule has 0 aromatic heterocycles. The quantitative estimate of drug-likeness (QED) is 0.257. The number of halogens is 4. The Morgan fingerprint density at radius 1 is 0.706 bits per heavy atom. The van der Waals surface area contributed by atoms with Crippen molar-refractivity contribution < 1.29 is 4.79 Å². The third-order valence-corrected chi connectivity index (χ3v) is 6.01. The zero-order chi connectivity index (χ0) is 25.3. The van der Waals surface area contributed by atoms with E-state index in [4.69, 9.17) is 46.4 Å². The standard InChI is InChI=1S/C25H26Cl4N4O/c1-15(2)23(11-7-17-5-9-19(26)21(28)13-17)30-32-25(34)33-31-24(16(3)4)12-8-18-6-10-20(27)22(29)14-18/h5-16H,1-4H3,(H2,32,33,34)/b11-7-,12-8-,30-23+,31-24+. The van der Waals surface area contributed by atoms with E-state index in [0.717, 1.165) is 11.1 Å². The van der Waals surface area contributed by atoms with Crippen LogP contribution in [-0.2, 0) is 0 Å². The summed E-state index contributed by atoms with van der Waals surface area (Å²) in [6.45, 7) is 7.89. The lowest BCUT2D eigenvalue weighted by Crippen LogP contribution is -2.31. The molecule has 0 aliphatic heterocycles. The van der Waals surface area contributed by atoms with Crippen molar-refractivity contribution in [3.8, 4) is 0 Å². The minimum atomic E-state index is -0.554. The molecular formula is C25H26Cl4N4O. The summed E-state index contributed by atoms with van der Waals surface area (Å²) < 4.78 is 0. The van der Waals surface area contributed by atoms with E-state index < -0.39 is 6.03 Å². The van der Waals surface area contributed by atoms with E-state index in [2.05, 4.69) is 21.1 Å². The molecule has 0 fully saturated rings. The third kappa shape index (κ3) is 9.15. The van der Waals surface area contributed by atoms with E-state index >= 15 is 0 Å². The summed E-state index contributed by atoms with van der Waals surface area (Å²) >= 11 is 24.0. The average Bonchev–Trinajstić information content (AvgIpc) is 2.77. The van der Waals surface area contributed by atoms with Gasteiger partial charge in [0.15, 0.2) is 0 Å². The van der Waals surface area contributed by atoms with Gasteiger partial charge in [0.1, 0.15) is 0 Å². The molecule has 9 heteroatoms. The van der Waals surface area contributed by atoms with Crippen molar-refractivity contribution in [1.82, 2.24) is 10.9 Å². The zero-order valence-corrected chi connectivity index (χ0v) is 22.3. The van der Waals surface area contributed by atoms with E-state index in [1.54, 1.807) is 24.3 Å². The average molecular weight is 540 g/mol. The molecule has 0 spiro atoms. The Hall–Kier alpha value is -2.31. The SMILES string of the molecule is CC(C)C(/C=C\c1ccc(Cl)c(Cl)c1)=N/NC(=O)N/N=C(\C=C/c1ccc(Cl)c(Cl)c1)C(C)C. The van der Waals surface area contributed by atoms with Gasteiger partial charge in [0, 0.05) is 0 Å². The summed E-state index contributed by atoms with van der Waals surface area (Å²) in [6.07, 6.45) is 7.33. The predicted molar refractivity (Wildman–Crippen MR) is 147 cm³/mol. The Balaban J connectivity index is 2.06. The van der Waals surface area contributed by atoms with Crippen molar-refractivity contribution in [3.63, 3.8) is 0 Å². The second-order valence-electron chi connectivity index (χ2n) is 7.95. The van der Waals surface area contributed by atoms with Gasteiger partial charge >= 0.3 is 6.03 Å². The third-order valence-electron chi connectivity index (χ3n) is 4.54. The van der Waals surface area contributed by atoms with Crippen LogP contribution < -0.4 is 10.9 Å². The van der Waals surface area contributed by atoms with E-state index in [9.17, 15) is 4.79 Å². The van der Waals surface area contributed by atoms with Gasteiger partial charge < -0.3 is 0 Å². The van der Waals surface area contributed by atoms with Gasteiger partial charge in [0.2, 0.25) is 0 Å². The molecule has 0 aliphatic rings. The number of hydrogen-bond acceptors (Lipinski definition) is 3. The first-order valence-electron chi connectivity index (χ1n) is 10.5. The number of carbonyl (C=O) groups excluding carboxylic acids is 1. The molecular weight excluding hydrogens is 514 g/mol. The number of hydrazone groups is 2. The summed E-state index contributed by atoms with van der Waals surface area (Å²) in [5, 5.41) is 10.3. The maximum atomic E-state index is 12.3. The smallest absolute Gasteiger partial charge is 0.245 e. The molecule has 0 radical (unpaired) electrons. The molecule has 0 saturated heterocycles. The predicted octanol–water partition coefficient (Wildman–Crippen LogP) is 8.35. The first-order chi connectivity index (χ1) is 16.1. The van der Waals surface area contributed by atoms with Crippen LogP contribution in [0.1, 0.15) is 38.8 Å². The summed E-state index contributed by atoms with van der Waals surface area (Å²) in [5.74, 6) is 0.145. The van der Waals surface area contributed by atoms with Crippen molar-refractivity contribution in [3.05, 3.63) is 79.8 Å². The van der Waals surface area contributed by atoms with E-state index in [0.29, 0.717) is 31.5 Å². The minimum Gasteiger partial charge on any atom is -0.245 e. The van der Waals surface area contributed by atoms with E-state index in [1.165, 1.54) is 0 Å². The molecule has 0 heterocycles. The highest BCUT2D eigenvalue weighted by Gasteiger charge is 2.06. The Kier molecular flexibility index (Phi) is 11.1. The number of urea groups is 1. The van der Waals surface area contributed by atoms with Crippen molar-refractivity contribution in [2.45, 2.75) is 27.7 Å². The molecule has 2 N–H and O–H groups in total. The Labute approximate surface area is 220 Å². The molecule has 0 bridgehead atoms. The molecule has 2 rings (SSSR count). The summed E-state index contributed by atoms with van der Waals surface area (Å²) in [6, 6.07) is 10.1. The van der Waals surface area contributed by atoms with E-state index in [1.807, 2.05) is 64.1 Å². The fraction of sp³-hybridized carbons (Fsp3) is 0.240. The summed E-state index contributed by atoms with van der Waals surface area (Å²) in [5.41, 5.74) is 8.04. The second kappa shape index (κ2) is 13.5. The number of amides is 2. The van der Waals surface area contributed by atoms with Crippen LogP contribution >= 0.6 is 46.4 Å². The second-order valence-corrected chi connectivity index (χ2v) is 9.58. The normalized spacial score (nSPS) is 12.9. The van der Waals surface area contributed by atoms with Gasteiger partial charge in [-0.2, -0.15) is 10.2 Å². The van der Waals surface area contributed by atoms with Crippen LogP contribution in [0.5, 0.6) is 0 Å². The van der Waals surface area contributed by atoms with Crippen molar-refractivity contribution >= 4 is 76.0 Å². The van der Waals surface area contributed by atoms with Crippen molar-refractivity contribution in [2.24, 2.45) is 22.0 Å². The lowest BCUT2D eigenvalue weighted by Gasteiger charge is -2.08. The van der Waals surface area contributed by atoms with Gasteiger partial charge in [-0.15, -0.1) is 0 Å². The maximum Gasteiger partial charge on any atom is 0.355 e. The number of allylic oxidation sites excluding steroid dienone is 2. The monoisotopic (exact) mass is 538 g/mol. The Morgan fingerprint density at radius 2 is 1.09 bits per heavy atom. The van der Waals surface area contributed by atoms with Gasteiger partial charge in [-0.05, 0) is 59.4 Å². The lowest BCUT2D eigenvalue weighted by atomic mass is 10.1. The highest BCUT2D eigenvalue weighted by atomic mass is 35.5.